The smallest absolute Gasteiger partial charge is 0.413 e. The fourth-order valence-corrected chi connectivity index (χ4v) is 3.30. The standard InChI is InChI=1S/C22H25N7O4/c1-22(11-13-31-14-12-22)33-21(30)24-18-10-6-9-17(23-18)15-32-26-19(16-7-4-3-5-8-16)20-25-27-28-29(20)2/h3-10H,11-15H2,1-2H3,(H,23,24,30). The van der Waals surface area contributed by atoms with Crippen molar-refractivity contribution in [2.24, 2.45) is 12.2 Å². The summed E-state index contributed by atoms with van der Waals surface area (Å²) in [6.45, 7) is 3.14. The van der Waals surface area contributed by atoms with Crippen LogP contribution in [0.5, 0.6) is 0 Å². The molecular weight excluding hydrogens is 426 g/mol. The fourth-order valence-electron chi connectivity index (χ4n) is 3.30. The van der Waals surface area contributed by atoms with Crippen LogP contribution < -0.4 is 5.32 Å². The van der Waals surface area contributed by atoms with Crippen LogP contribution in [0.15, 0.2) is 53.7 Å². The molecule has 1 aliphatic heterocycles. The van der Waals surface area contributed by atoms with Gasteiger partial charge < -0.3 is 14.3 Å². The number of anilines is 1. The number of carbonyl (C=O) groups is 1. The first-order chi connectivity index (χ1) is 16.0. The van der Waals surface area contributed by atoms with E-state index in [-0.39, 0.29) is 6.61 Å². The maximum absolute atomic E-state index is 12.3. The number of aryl methyl sites for hydroxylation is 1. The van der Waals surface area contributed by atoms with E-state index in [0.29, 0.717) is 49.1 Å². The number of pyridine rings is 1. The van der Waals surface area contributed by atoms with Crippen LogP contribution in [0.4, 0.5) is 10.6 Å². The molecule has 1 saturated heterocycles. The average Bonchev–Trinajstić information content (AvgIpc) is 3.23. The highest BCUT2D eigenvalue weighted by atomic mass is 16.6. The third kappa shape index (κ3) is 5.89. The number of benzene rings is 1. The van der Waals surface area contributed by atoms with Crippen molar-refractivity contribution in [2.75, 3.05) is 18.5 Å². The first kappa shape index (κ1) is 22.3. The normalized spacial score (nSPS) is 15.6. The molecule has 1 aliphatic rings. The predicted octanol–water partition coefficient (Wildman–Crippen LogP) is 2.69. The molecule has 0 spiro atoms. The minimum atomic E-state index is -0.552. The number of rotatable bonds is 7. The van der Waals surface area contributed by atoms with Gasteiger partial charge in [-0.1, -0.05) is 41.6 Å². The Morgan fingerprint density at radius 1 is 1.18 bits per heavy atom. The molecule has 1 aromatic carbocycles. The molecule has 2 aromatic heterocycles. The maximum atomic E-state index is 12.3. The first-order valence-electron chi connectivity index (χ1n) is 10.5. The van der Waals surface area contributed by atoms with E-state index in [4.69, 9.17) is 14.3 Å². The van der Waals surface area contributed by atoms with Gasteiger partial charge in [0.1, 0.15) is 11.4 Å². The number of hydrogen-bond acceptors (Lipinski definition) is 9. The molecule has 1 amide bonds. The van der Waals surface area contributed by atoms with Gasteiger partial charge in [0, 0.05) is 25.5 Å². The molecule has 11 heteroatoms. The summed E-state index contributed by atoms with van der Waals surface area (Å²) in [4.78, 5) is 22.3. The summed E-state index contributed by atoms with van der Waals surface area (Å²) in [7, 11) is 1.73. The van der Waals surface area contributed by atoms with E-state index in [1.54, 1.807) is 25.2 Å². The quantitative estimate of drug-likeness (QED) is 0.429. The van der Waals surface area contributed by atoms with Crippen molar-refractivity contribution in [3.8, 4) is 0 Å². The van der Waals surface area contributed by atoms with Crippen LogP contribution in [0.2, 0.25) is 0 Å². The third-order valence-electron chi connectivity index (χ3n) is 5.17. The van der Waals surface area contributed by atoms with E-state index in [9.17, 15) is 4.79 Å². The van der Waals surface area contributed by atoms with Gasteiger partial charge in [-0.25, -0.2) is 14.5 Å². The lowest BCUT2D eigenvalue weighted by molar-refractivity contribution is -0.0553. The van der Waals surface area contributed by atoms with Crippen LogP contribution in [0, 0.1) is 0 Å². The van der Waals surface area contributed by atoms with Crippen molar-refractivity contribution in [1.29, 1.82) is 0 Å². The Labute approximate surface area is 190 Å². The van der Waals surface area contributed by atoms with Crippen LogP contribution in [0.25, 0.3) is 0 Å². The second-order valence-corrected chi connectivity index (χ2v) is 7.80. The highest BCUT2D eigenvalue weighted by Crippen LogP contribution is 2.25. The second-order valence-electron chi connectivity index (χ2n) is 7.80. The zero-order chi connectivity index (χ0) is 23.1. The lowest BCUT2D eigenvalue weighted by atomic mass is 9.97. The molecule has 0 aliphatic carbocycles. The van der Waals surface area contributed by atoms with Crippen LogP contribution in [0.1, 0.15) is 36.8 Å². The number of hydrogen-bond donors (Lipinski definition) is 1. The van der Waals surface area contributed by atoms with Crippen molar-refractivity contribution in [3.63, 3.8) is 0 Å². The van der Waals surface area contributed by atoms with Crippen LogP contribution in [-0.4, -0.2) is 55.8 Å². The van der Waals surface area contributed by atoms with Gasteiger partial charge >= 0.3 is 6.09 Å². The summed E-state index contributed by atoms with van der Waals surface area (Å²) in [6, 6.07) is 14.7. The van der Waals surface area contributed by atoms with Gasteiger partial charge in [-0.2, -0.15) is 0 Å². The SMILES string of the molecule is Cn1nnnc1C(=NOCc1cccc(NC(=O)OC2(C)CCOCC2)n1)c1ccccc1. The molecule has 0 atom stereocenters. The number of nitrogens with zero attached hydrogens (tertiary/aromatic N) is 6. The zero-order valence-electron chi connectivity index (χ0n) is 18.5. The molecular formula is C22H25N7O4. The summed E-state index contributed by atoms with van der Waals surface area (Å²) in [5.41, 5.74) is 1.34. The molecule has 172 valence electrons. The summed E-state index contributed by atoms with van der Waals surface area (Å²) in [5.74, 6) is 0.829. The lowest BCUT2D eigenvalue weighted by Gasteiger charge is -2.32. The van der Waals surface area contributed by atoms with Crippen molar-refractivity contribution >= 4 is 17.6 Å². The number of ether oxygens (including phenoxy) is 2. The third-order valence-corrected chi connectivity index (χ3v) is 5.17. The largest absolute Gasteiger partial charge is 0.443 e. The molecule has 4 rings (SSSR count). The van der Waals surface area contributed by atoms with Crippen molar-refractivity contribution in [2.45, 2.75) is 32.0 Å². The summed E-state index contributed by atoms with van der Waals surface area (Å²) in [6.07, 6.45) is 0.763. The zero-order valence-corrected chi connectivity index (χ0v) is 18.5. The molecule has 3 aromatic rings. The van der Waals surface area contributed by atoms with E-state index >= 15 is 0 Å². The Kier molecular flexibility index (Phi) is 6.89. The Hall–Kier alpha value is -3.86. The monoisotopic (exact) mass is 451 g/mol. The average molecular weight is 451 g/mol. The summed E-state index contributed by atoms with van der Waals surface area (Å²) < 4.78 is 12.4. The molecule has 3 heterocycles. The molecule has 0 radical (unpaired) electrons. The highest BCUT2D eigenvalue weighted by Gasteiger charge is 2.31. The Morgan fingerprint density at radius 2 is 1.97 bits per heavy atom. The van der Waals surface area contributed by atoms with E-state index in [1.807, 2.05) is 37.3 Å². The predicted molar refractivity (Wildman–Crippen MR) is 118 cm³/mol. The van der Waals surface area contributed by atoms with Gasteiger partial charge in [0.2, 0.25) is 5.82 Å². The second kappa shape index (κ2) is 10.2. The van der Waals surface area contributed by atoms with Crippen molar-refractivity contribution < 1.29 is 19.1 Å². The molecule has 11 nitrogen and oxygen atoms in total. The number of nitrogens with one attached hydrogen (secondary N) is 1. The Morgan fingerprint density at radius 3 is 2.70 bits per heavy atom. The minimum absolute atomic E-state index is 0.0846. The van der Waals surface area contributed by atoms with E-state index in [1.165, 1.54) is 4.68 Å². The maximum Gasteiger partial charge on any atom is 0.413 e. The van der Waals surface area contributed by atoms with Gasteiger partial charge in [-0.15, -0.1) is 5.10 Å². The van der Waals surface area contributed by atoms with Gasteiger partial charge in [0.15, 0.2) is 12.3 Å². The van der Waals surface area contributed by atoms with Crippen molar-refractivity contribution in [1.82, 2.24) is 25.2 Å². The van der Waals surface area contributed by atoms with E-state index in [2.05, 4.69) is 31.0 Å². The van der Waals surface area contributed by atoms with Gasteiger partial charge in [-0.05, 0) is 29.5 Å². The molecule has 0 bridgehead atoms. The van der Waals surface area contributed by atoms with E-state index < -0.39 is 11.7 Å². The first-order valence-corrected chi connectivity index (χ1v) is 10.5. The molecule has 0 saturated carbocycles. The molecule has 33 heavy (non-hydrogen) atoms. The number of carbonyl (C=O) groups excluding carboxylic acids is 1. The van der Waals surface area contributed by atoms with Gasteiger partial charge in [0.05, 0.1) is 18.9 Å². The summed E-state index contributed by atoms with van der Waals surface area (Å²) >= 11 is 0. The van der Waals surface area contributed by atoms with Crippen LogP contribution in [-0.2, 0) is 28.0 Å². The molecule has 1 fully saturated rings. The number of amides is 1. The number of tetrazole rings is 1. The minimum Gasteiger partial charge on any atom is -0.443 e. The van der Waals surface area contributed by atoms with Crippen LogP contribution in [0.3, 0.4) is 0 Å². The molecule has 0 unspecified atom stereocenters. The van der Waals surface area contributed by atoms with E-state index in [0.717, 1.165) is 5.56 Å². The number of aromatic nitrogens is 5. The van der Waals surface area contributed by atoms with Gasteiger partial charge in [-0.3, -0.25) is 5.32 Å². The Balaban J connectivity index is 1.41. The topological polar surface area (TPSA) is 126 Å². The highest BCUT2D eigenvalue weighted by molar-refractivity contribution is 6.10. The van der Waals surface area contributed by atoms with Crippen LogP contribution >= 0.6 is 0 Å². The number of oxime groups is 1. The van der Waals surface area contributed by atoms with Crippen molar-refractivity contribution in [3.05, 3.63) is 65.6 Å². The Bertz CT molecular complexity index is 1110. The fraction of sp³-hybridized carbons (Fsp3) is 0.364. The molecule has 1 N–H and O–H groups in total. The lowest BCUT2D eigenvalue weighted by Crippen LogP contribution is -2.39. The van der Waals surface area contributed by atoms with Gasteiger partial charge in [0.25, 0.3) is 0 Å². The summed E-state index contributed by atoms with van der Waals surface area (Å²) in [5, 5.41) is 18.5.